The summed E-state index contributed by atoms with van der Waals surface area (Å²) in [7, 11) is 0. The number of nitrogens with zero attached hydrogens (tertiary/aromatic N) is 5. The zero-order chi connectivity index (χ0) is 16.8. The van der Waals surface area contributed by atoms with Gasteiger partial charge in [-0.15, -0.1) is 0 Å². The summed E-state index contributed by atoms with van der Waals surface area (Å²) in [6, 6.07) is 4.30. The van der Waals surface area contributed by atoms with Crippen molar-refractivity contribution in [1.29, 1.82) is 0 Å². The standard InChI is InChI=1S/C18H21N7/c19-13-6-12(7-13)15-8-16(24-17(23-15)11-2-3-11)21-9-14-10-25-5-1-4-20-18(25)22-14/h1,4-5,8,10-13H,2-3,6-7,9,19H2,(H,21,23,24). The van der Waals surface area contributed by atoms with Gasteiger partial charge >= 0.3 is 0 Å². The molecule has 3 aromatic heterocycles. The van der Waals surface area contributed by atoms with E-state index in [1.54, 1.807) is 6.20 Å². The first-order valence-electron chi connectivity index (χ1n) is 8.91. The lowest BCUT2D eigenvalue weighted by Gasteiger charge is -2.32. The SMILES string of the molecule is NC1CC(c2cc(NCc3cn4cccnc4n3)nc(C3CC3)n2)C1. The van der Waals surface area contributed by atoms with E-state index >= 15 is 0 Å². The molecular formula is C18H21N7. The van der Waals surface area contributed by atoms with Gasteiger partial charge in [-0.25, -0.2) is 19.9 Å². The van der Waals surface area contributed by atoms with E-state index in [0.717, 1.165) is 35.9 Å². The van der Waals surface area contributed by atoms with Crippen molar-refractivity contribution in [2.75, 3.05) is 5.32 Å². The average Bonchev–Trinajstić information content (AvgIpc) is 3.36. The van der Waals surface area contributed by atoms with Crippen molar-refractivity contribution in [3.63, 3.8) is 0 Å². The summed E-state index contributed by atoms with van der Waals surface area (Å²) >= 11 is 0. The molecule has 0 radical (unpaired) electrons. The fourth-order valence-electron chi connectivity index (χ4n) is 3.36. The molecule has 0 saturated heterocycles. The summed E-state index contributed by atoms with van der Waals surface area (Å²) in [5.41, 5.74) is 8.03. The van der Waals surface area contributed by atoms with E-state index in [2.05, 4.69) is 21.4 Å². The molecule has 2 aliphatic rings. The van der Waals surface area contributed by atoms with Crippen LogP contribution in [0.25, 0.3) is 5.78 Å². The minimum absolute atomic E-state index is 0.325. The highest BCUT2D eigenvalue weighted by Crippen LogP contribution is 2.41. The van der Waals surface area contributed by atoms with Crippen molar-refractivity contribution in [2.45, 2.75) is 50.1 Å². The second-order valence-electron chi connectivity index (χ2n) is 7.15. The third-order valence-corrected chi connectivity index (χ3v) is 5.03. The molecule has 0 amide bonds. The van der Waals surface area contributed by atoms with Crippen LogP contribution < -0.4 is 11.1 Å². The number of nitrogens with two attached hydrogens (primary N) is 1. The number of imidazole rings is 1. The topological polar surface area (TPSA) is 94.0 Å². The van der Waals surface area contributed by atoms with Crippen LogP contribution in [0.15, 0.2) is 30.7 Å². The van der Waals surface area contributed by atoms with Crippen LogP contribution in [0.3, 0.4) is 0 Å². The maximum absolute atomic E-state index is 5.95. The van der Waals surface area contributed by atoms with Crippen LogP contribution in [-0.4, -0.2) is 30.4 Å². The third-order valence-electron chi connectivity index (χ3n) is 5.03. The molecule has 2 aliphatic carbocycles. The van der Waals surface area contributed by atoms with Crippen molar-refractivity contribution in [1.82, 2.24) is 24.3 Å². The molecule has 0 aromatic carbocycles. The molecule has 7 nitrogen and oxygen atoms in total. The first-order chi connectivity index (χ1) is 12.2. The number of hydrogen-bond acceptors (Lipinski definition) is 6. The van der Waals surface area contributed by atoms with Gasteiger partial charge in [-0.05, 0) is 31.7 Å². The van der Waals surface area contributed by atoms with E-state index < -0.39 is 0 Å². The van der Waals surface area contributed by atoms with Crippen molar-refractivity contribution in [3.8, 4) is 0 Å². The van der Waals surface area contributed by atoms with E-state index in [-0.39, 0.29) is 0 Å². The highest BCUT2D eigenvalue weighted by atomic mass is 15.1. The van der Waals surface area contributed by atoms with E-state index in [1.165, 1.54) is 12.8 Å². The maximum atomic E-state index is 5.95. The fraction of sp³-hybridized carbons (Fsp3) is 0.444. The molecule has 3 aromatic rings. The van der Waals surface area contributed by atoms with Gasteiger partial charge in [0.2, 0.25) is 5.78 Å². The smallest absolute Gasteiger partial charge is 0.233 e. The van der Waals surface area contributed by atoms with Gasteiger partial charge in [0.25, 0.3) is 0 Å². The Morgan fingerprint density at radius 1 is 1.16 bits per heavy atom. The molecule has 7 heteroatoms. The molecule has 5 rings (SSSR count). The molecule has 2 fully saturated rings. The normalized spacial score (nSPS) is 22.8. The van der Waals surface area contributed by atoms with Gasteiger partial charge in [0, 0.05) is 48.2 Å². The fourth-order valence-corrected chi connectivity index (χ4v) is 3.36. The summed E-state index contributed by atoms with van der Waals surface area (Å²) in [5.74, 6) is 3.60. The van der Waals surface area contributed by atoms with Crippen LogP contribution in [0.4, 0.5) is 5.82 Å². The number of fused-ring (bicyclic) bond motifs is 1. The first kappa shape index (κ1) is 14.8. The van der Waals surface area contributed by atoms with Crippen molar-refractivity contribution in [3.05, 3.63) is 47.9 Å². The average molecular weight is 335 g/mol. The predicted molar refractivity (Wildman–Crippen MR) is 94.3 cm³/mol. The number of rotatable bonds is 5. The lowest BCUT2D eigenvalue weighted by molar-refractivity contribution is 0.344. The zero-order valence-corrected chi connectivity index (χ0v) is 14.0. The molecule has 0 bridgehead atoms. The first-order valence-corrected chi connectivity index (χ1v) is 8.91. The second-order valence-corrected chi connectivity index (χ2v) is 7.15. The van der Waals surface area contributed by atoms with Gasteiger partial charge in [0.05, 0.1) is 12.2 Å². The Bertz CT molecular complexity index is 876. The summed E-state index contributed by atoms with van der Waals surface area (Å²) < 4.78 is 1.92. The Balaban J connectivity index is 1.37. The molecule has 0 unspecified atom stereocenters. The largest absolute Gasteiger partial charge is 0.364 e. The van der Waals surface area contributed by atoms with Crippen molar-refractivity contribution < 1.29 is 0 Å². The summed E-state index contributed by atoms with van der Waals surface area (Å²) in [6.45, 7) is 0.619. The zero-order valence-electron chi connectivity index (χ0n) is 14.0. The highest BCUT2D eigenvalue weighted by molar-refractivity contribution is 5.40. The van der Waals surface area contributed by atoms with Crippen molar-refractivity contribution in [2.24, 2.45) is 5.73 Å². The van der Waals surface area contributed by atoms with Gasteiger partial charge in [-0.3, -0.25) is 4.40 Å². The molecule has 25 heavy (non-hydrogen) atoms. The minimum Gasteiger partial charge on any atom is -0.364 e. The summed E-state index contributed by atoms with van der Waals surface area (Å²) in [6.07, 6.45) is 10.1. The molecular weight excluding hydrogens is 314 g/mol. The number of hydrogen-bond donors (Lipinski definition) is 2. The highest BCUT2D eigenvalue weighted by Gasteiger charge is 2.32. The van der Waals surface area contributed by atoms with E-state index in [1.807, 2.05) is 22.9 Å². The van der Waals surface area contributed by atoms with E-state index in [4.69, 9.17) is 15.7 Å². The van der Waals surface area contributed by atoms with Crippen LogP contribution in [0.5, 0.6) is 0 Å². The summed E-state index contributed by atoms with van der Waals surface area (Å²) in [4.78, 5) is 18.3. The van der Waals surface area contributed by atoms with Crippen molar-refractivity contribution >= 4 is 11.6 Å². The van der Waals surface area contributed by atoms with Crippen LogP contribution in [0.1, 0.15) is 54.7 Å². The Labute approximate surface area is 145 Å². The number of anilines is 1. The molecule has 3 N–H and O–H groups in total. The molecule has 0 spiro atoms. The molecule has 0 aliphatic heterocycles. The lowest BCUT2D eigenvalue weighted by atomic mass is 9.78. The van der Waals surface area contributed by atoms with Crippen LogP contribution >= 0.6 is 0 Å². The van der Waals surface area contributed by atoms with E-state index in [0.29, 0.717) is 30.2 Å². The maximum Gasteiger partial charge on any atom is 0.233 e. The van der Waals surface area contributed by atoms with Gasteiger partial charge in [-0.1, -0.05) is 0 Å². The Morgan fingerprint density at radius 2 is 2.04 bits per heavy atom. The van der Waals surface area contributed by atoms with Gasteiger partial charge < -0.3 is 11.1 Å². The molecule has 0 atom stereocenters. The minimum atomic E-state index is 0.325. The lowest BCUT2D eigenvalue weighted by Crippen LogP contribution is -2.35. The van der Waals surface area contributed by atoms with E-state index in [9.17, 15) is 0 Å². The molecule has 2 saturated carbocycles. The van der Waals surface area contributed by atoms with Crippen LogP contribution in [-0.2, 0) is 6.54 Å². The second kappa shape index (κ2) is 5.77. The Hall–Kier alpha value is -2.54. The Morgan fingerprint density at radius 3 is 2.80 bits per heavy atom. The predicted octanol–water partition coefficient (Wildman–Crippen LogP) is 2.21. The molecule has 128 valence electrons. The van der Waals surface area contributed by atoms with Crippen LogP contribution in [0.2, 0.25) is 0 Å². The van der Waals surface area contributed by atoms with Crippen LogP contribution in [0, 0.1) is 0 Å². The summed E-state index contributed by atoms with van der Waals surface area (Å²) in [5, 5.41) is 3.41. The quantitative estimate of drug-likeness (QED) is 0.742. The number of nitrogens with one attached hydrogen (secondary N) is 1. The third kappa shape index (κ3) is 2.95. The number of aromatic nitrogens is 5. The van der Waals surface area contributed by atoms with Gasteiger partial charge in [0.1, 0.15) is 11.6 Å². The molecule has 3 heterocycles. The Kier molecular flexibility index (Phi) is 3.41. The van der Waals surface area contributed by atoms with Gasteiger partial charge in [-0.2, -0.15) is 0 Å². The monoisotopic (exact) mass is 335 g/mol. The van der Waals surface area contributed by atoms with Gasteiger partial charge in [0.15, 0.2) is 0 Å².